The van der Waals surface area contributed by atoms with E-state index in [1.165, 1.54) is 0 Å². The van der Waals surface area contributed by atoms with Gasteiger partial charge in [-0.2, -0.15) is 0 Å². The largest absolute Gasteiger partial charge is 0.344 e. The molecule has 3 atom stereocenters. The third-order valence-corrected chi connectivity index (χ3v) is 4.70. The Balaban J connectivity index is 1.87. The molecule has 2 aliphatic rings. The van der Waals surface area contributed by atoms with Gasteiger partial charge in [0.25, 0.3) is 0 Å². The van der Waals surface area contributed by atoms with Crippen LogP contribution in [0.3, 0.4) is 0 Å². The van der Waals surface area contributed by atoms with Crippen LogP contribution in [0.4, 0.5) is 0 Å². The van der Waals surface area contributed by atoms with Crippen molar-refractivity contribution < 1.29 is 9.59 Å². The van der Waals surface area contributed by atoms with Crippen LogP contribution < -0.4 is 11.1 Å². The predicted octanol–water partition coefficient (Wildman–Crippen LogP) is 0.879. The van der Waals surface area contributed by atoms with Crippen LogP contribution in [-0.2, 0) is 9.59 Å². The lowest BCUT2D eigenvalue weighted by molar-refractivity contribution is -0.137. The normalized spacial score (nSPS) is 28.2. The fourth-order valence-electron chi connectivity index (χ4n) is 3.43. The molecule has 2 fully saturated rings. The molecule has 5 heteroatoms. The first-order valence-corrected chi connectivity index (χ1v) is 7.92. The predicted molar refractivity (Wildman–Crippen MR) is 77.9 cm³/mol. The molecule has 1 heterocycles. The lowest BCUT2D eigenvalue weighted by Crippen LogP contribution is -2.49. The maximum absolute atomic E-state index is 12.4. The molecule has 0 bridgehead atoms. The van der Waals surface area contributed by atoms with Gasteiger partial charge in [0.15, 0.2) is 0 Å². The fourth-order valence-corrected chi connectivity index (χ4v) is 3.43. The summed E-state index contributed by atoms with van der Waals surface area (Å²) in [6, 6.07) is -0.416. The van der Waals surface area contributed by atoms with Crippen molar-refractivity contribution in [3.63, 3.8) is 0 Å². The highest BCUT2D eigenvalue weighted by Gasteiger charge is 2.32. The van der Waals surface area contributed by atoms with Crippen LogP contribution in [0.1, 0.15) is 45.4 Å². The number of carbonyl (C=O) groups is 2. The van der Waals surface area contributed by atoms with Gasteiger partial charge in [0, 0.05) is 19.0 Å². The van der Waals surface area contributed by atoms with E-state index in [0.717, 1.165) is 51.6 Å². The van der Waals surface area contributed by atoms with E-state index in [1.807, 2.05) is 4.90 Å². The minimum Gasteiger partial charge on any atom is -0.344 e. The Bertz CT molecular complexity index is 353. The zero-order valence-electron chi connectivity index (χ0n) is 12.4. The van der Waals surface area contributed by atoms with Crippen LogP contribution in [0.15, 0.2) is 0 Å². The second-order valence-electron chi connectivity index (χ2n) is 6.15. The summed E-state index contributed by atoms with van der Waals surface area (Å²) in [7, 11) is 0. The monoisotopic (exact) mass is 281 g/mol. The molecule has 2 amide bonds. The number of hydrogen-bond donors (Lipinski definition) is 2. The second-order valence-corrected chi connectivity index (χ2v) is 6.15. The molecular weight excluding hydrogens is 254 g/mol. The lowest BCUT2D eigenvalue weighted by Gasteiger charge is -2.31. The van der Waals surface area contributed by atoms with Crippen molar-refractivity contribution in [3.05, 3.63) is 0 Å². The summed E-state index contributed by atoms with van der Waals surface area (Å²) < 4.78 is 0. The smallest absolute Gasteiger partial charge is 0.244 e. The molecule has 0 aromatic heterocycles. The number of nitrogens with zero attached hydrogens (tertiary/aromatic N) is 1. The third-order valence-electron chi connectivity index (χ3n) is 4.70. The number of nitrogens with one attached hydrogen (secondary N) is 1. The molecule has 0 spiro atoms. The Labute approximate surface area is 121 Å². The van der Waals surface area contributed by atoms with Gasteiger partial charge in [-0.1, -0.05) is 12.8 Å². The Morgan fingerprint density at radius 3 is 2.50 bits per heavy atom. The molecule has 1 aliphatic carbocycles. The maximum atomic E-state index is 12.4. The van der Waals surface area contributed by atoms with Crippen LogP contribution in [0.2, 0.25) is 0 Å². The summed E-state index contributed by atoms with van der Waals surface area (Å²) in [5.74, 6) is 0.330. The zero-order chi connectivity index (χ0) is 14.5. The van der Waals surface area contributed by atoms with Gasteiger partial charge in [0.2, 0.25) is 11.8 Å². The molecule has 1 aliphatic heterocycles. The average molecular weight is 281 g/mol. The van der Waals surface area contributed by atoms with Crippen LogP contribution in [0.25, 0.3) is 0 Å². The quantitative estimate of drug-likeness (QED) is 0.803. The molecule has 114 valence electrons. The van der Waals surface area contributed by atoms with Crippen molar-refractivity contribution in [1.82, 2.24) is 10.2 Å². The number of amides is 2. The van der Waals surface area contributed by atoms with Crippen molar-refractivity contribution >= 4 is 11.8 Å². The van der Waals surface area contributed by atoms with Gasteiger partial charge >= 0.3 is 0 Å². The molecular formula is C15H27N3O2. The molecule has 5 nitrogen and oxygen atoms in total. The summed E-state index contributed by atoms with van der Waals surface area (Å²) in [6.45, 7) is 4.01. The number of carbonyl (C=O) groups excluding carboxylic acids is 2. The van der Waals surface area contributed by atoms with Crippen LogP contribution in [0, 0.1) is 11.8 Å². The molecule has 1 saturated heterocycles. The van der Waals surface area contributed by atoms with Crippen LogP contribution in [0.5, 0.6) is 0 Å². The summed E-state index contributed by atoms with van der Waals surface area (Å²) in [4.78, 5) is 26.4. The zero-order valence-corrected chi connectivity index (χ0v) is 12.4. The molecule has 20 heavy (non-hydrogen) atoms. The fraction of sp³-hybridized carbons (Fsp3) is 0.867. The van der Waals surface area contributed by atoms with E-state index in [1.54, 1.807) is 6.92 Å². The Hall–Kier alpha value is -1.10. The molecule has 1 saturated carbocycles. The van der Waals surface area contributed by atoms with Gasteiger partial charge in [-0.25, -0.2) is 0 Å². The van der Waals surface area contributed by atoms with Crippen molar-refractivity contribution in [2.24, 2.45) is 17.6 Å². The Kier molecular flexibility index (Phi) is 5.40. The molecule has 0 radical (unpaired) electrons. The first kappa shape index (κ1) is 15.3. The molecule has 0 aromatic carbocycles. The topological polar surface area (TPSA) is 75.4 Å². The van der Waals surface area contributed by atoms with Gasteiger partial charge in [0.05, 0.1) is 0 Å². The summed E-state index contributed by atoms with van der Waals surface area (Å²) in [5.41, 5.74) is 5.77. The van der Waals surface area contributed by atoms with E-state index >= 15 is 0 Å². The molecule has 3 unspecified atom stereocenters. The molecule has 2 rings (SSSR count). The lowest BCUT2D eigenvalue weighted by atomic mass is 9.78. The van der Waals surface area contributed by atoms with Gasteiger partial charge in [0.1, 0.15) is 6.04 Å². The van der Waals surface area contributed by atoms with Crippen molar-refractivity contribution in [2.45, 2.75) is 51.5 Å². The summed E-state index contributed by atoms with van der Waals surface area (Å²) in [5, 5.41) is 2.90. The van der Waals surface area contributed by atoms with Crippen molar-refractivity contribution in [3.8, 4) is 0 Å². The van der Waals surface area contributed by atoms with E-state index in [-0.39, 0.29) is 23.7 Å². The van der Waals surface area contributed by atoms with Crippen molar-refractivity contribution in [1.29, 1.82) is 0 Å². The first-order chi connectivity index (χ1) is 9.63. The number of likely N-dealkylation sites (tertiary alicyclic amines) is 1. The maximum Gasteiger partial charge on any atom is 0.244 e. The van der Waals surface area contributed by atoms with E-state index in [4.69, 9.17) is 5.73 Å². The van der Waals surface area contributed by atoms with E-state index in [0.29, 0.717) is 6.54 Å². The van der Waals surface area contributed by atoms with Crippen molar-refractivity contribution in [2.75, 3.05) is 19.6 Å². The molecule has 3 N–H and O–H groups in total. The highest BCUT2D eigenvalue weighted by atomic mass is 16.2. The summed E-state index contributed by atoms with van der Waals surface area (Å²) >= 11 is 0. The van der Waals surface area contributed by atoms with Gasteiger partial charge < -0.3 is 16.0 Å². The van der Waals surface area contributed by atoms with Gasteiger partial charge in [-0.3, -0.25) is 9.59 Å². The third kappa shape index (κ3) is 3.51. The van der Waals surface area contributed by atoms with E-state index in [2.05, 4.69) is 5.32 Å². The molecule has 0 aromatic rings. The first-order valence-electron chi connectivity index (χ1n) is 7.92. The second kappa shape index (κ2) is 7.07. The van der Waals surface area contributed by atoms with Gasteiger partial charge in [-0.15, -0.1) is 0 Å². The minimum absolute atomic E-state index is 0.0115. The Morgan fingerprint density at radius 1 is 1.20 bits per heavy atom. The standard InChI is InChI=1S/C15H27N3O2/c1-11(15(20)18-8-4-5-9-18)17-14(19)13-7-3-2-6-12(13)10-16/h11-13H,2-10,16H2,1H3,(H,17,19). The van der Waals surface area contributed by atoms with Crippen LogP contribution >= 0.6 is 0 Å². The number of nitrogens with two attached hydrogens (primary N) is 1. The van der Waals surface area contributed by atoms with E-state index < -0.39 is 6.04 Å². The summed E-state index contributed by atoms with van der Waals surface area (Å²) in [6.07, 6.45) is 6.33. The van der Waals surface area contributed by atoms with Gasteiger partial charge in [-0.05, 0) is 45.1 Å². The highest BCUT2D eigenvalue weighted by molar-refractivity contribution is 5.88. The number of rotatable bonds is 4. The Morgan fingerprint density at radius 2 is 1.85 bits per heavy atom. The minimum atomic E-state index is -0.416. The SMILES string of the molecule is CC(NC(=O)C1CCCCC1CN)C(=O)N1CCCC1. The van der Waals surface area contributed by atoms with Crippen LogP contribution in [-0.4, -0.2) is 42.4 Å². The highest BCUT2D eigenvalue weighted by Crippen LogP contribution is 2.29. The number of hydrogen-bond acceptors (Lipinski definition) is 3. The van der Waals surface area contributed by atoms with E-state index in [9.17, 15) is 9.59 Å². The average Bonchev–Trinajstić information content (AvgIpc) is 3.00.